The number of ether oxygens (including phenoxy) is 3. The van der Waals surface area contributed by atoms with Gasteiger partial charge in [-0.3, -0.25) is 4.79 Å². The van der Waals surface area contributed by atoms with Crippen molar-refractivity contribution >= 4 is 17.7 Å². The number of nitrogens with zero attached hydrogens (tertiary/aromatic N) is 1. The second-order valence-electron chi connectivity index (χ2n) is 7.30. The van der Waals surface area contributed by atoms with Crippen molar-refractivity contribution < 1.29 is 23.8 Å². The minimum absolute atomic E-state index is 0.0284. The van der Waals surface area contributed by atoms with E-state index in [9.17, 15) is 9.59 Å². The van der Waals surface area contributed by atoms with Gasteiger partial charge < -0.3 is 24.4 Å². The molecular weight excluding hydrogens is 324 g/mol. The number of anilines is 1. The van der Waals surface area contributed by atoms with E-state index < -0.39 is 5.60 Å². The maximum atomic E-state index is 12.2. The molecule has 0 unspecified atom stereocenters. The van der Waals surface area contributed by atoms with E-state index in [0.717, 1.165) is 12.8 Å². The minimum atomic E-state index is -0.512. The van der Waals surface area contributed by atoms with Gasteiger partial charge in [-0.2, -0.15) is 0 Å². The summed E-state index contributed by atoms with van der Waals surface area (Å²) in [6.45, 7) is 6.74. The van der Waals surface area contributed by atoms with E-state index in [1.54, 1.807) is 17.0 Å². The van der Waals surface area contributed by atoms with Crippen LogP contribution in [-0.4, -0.2) is 48.3 Å². The number of likely N-dealkylation sites (tertiary alicyclic amines) is 1. The zero-order valence-electron chi connectivity index (χ0n) is 14.8. The summed E-state index contributed by atoms with van der Waals surface area (Å²) in [6, 6.07) is 5.33. The first-order chi connectivity index (χ1) is 11.8. The Balaban J connectivity index is 1.62. The molecule has 2 heterocycles. The Kier molecular flexibility index (Phi) is 4.74. The number of amides is 2. The molecule has 2 amide bonds. The van der Waals surface area contributed by atoms with Crippen molar-refractivity contribution in [1.82, 2.24) is 4.90 Å². The van der Waals surface area contributed by atoms with Crippen LogP contribution in [0.2, 0.25) is 0 Å². The van der Waals surface area contributed by atoms with Gasteiger partial charge in [0.05, 0.1) is 12.2 Å². The lowest BCUT2D eigenvalue weighted by molar-refractivity contribution is -0.118. The maximum Gasteiger partial charge on any atom is 0.410 e. The summed E-state index contributed by atoms with van der Waals surface area (Å²) in [5.41, 5.74) is 0.0928. The maximum absolute atomic E-state index is 12.2. The Morgan fingerprint density at radius 2 is 2.16 bits per heavy atom. The summed E-state index contributed by atoms with van der Waals surface area (Å²) < 4.78 is 16.8. The number of rotatable bonds is 2. The van der Waals surface area contributed by atoms with Gasteiger partial charge in [0.2, 0.25) is 0 Å². The number of benzene rings is 1. The molecule has 0 aliphatic carbocycles. The topological polar surface area (TPSA) is 77.1 Å². The van der Waals surface area contributed by atoms with Crippen LogP contribution in [-0.2, 0) is 9.53 Å². The summed E-state index contributed by atoms with van der Waals surface area (Å²) in [5, 5.41) is 2.76. The van der Waals surface area contributed by atoms with Gasteiger partial charge in [0.25, 0.3) is 5.91 Å². The first-order valence-electron chi connectivity index (χ1n) is 8.51. The fourth-order valence-electron chi connectivity index (χ4n) is 2.85. The highest BCUT2D eigenvalue weighted by Gasteiger charge is 2.28. The summed E-state index contributed by atoms with van der Waals surface area (Å²) in [5.74, 6) is 1.09. The third-order valence-electron chi connectivity index (χ3n) is 3.92. The summed E-state index contributed by atoms with van der Waals surface area (Å²) in [4.78, 5) is 25.3. The van der Waals surface area contributed by atoms with Gasteiger partial charge in [-0.15, -0.1) is 0 Å². The lowest BCUT2D eigenvalue weighted by Gasteiger charge is -2.34. The third-order valence-corrected chi connectivity index (χ3v) is 3.92. The number of hydrogen-bond acceptors (Lipinski definition) is 5. The van der Waals surface area contributed by atoms with Crippen LogP contribution in [0.15, 0.2) is 18.2 Å². The van der Waals surface area contributed by atoms with Crippen molar-refractivity contribution in [3.8, 4) is 11.5 Å². The molecule has 1 aromatic rings. The molecule has 1 aromatic carbocycles. The van der Waals surface area contributed by atoms with Gasteiger partial charge in [-0.05, 0) is 45.7 Å². The largest absolute Gasteiger partial charge is 0.489 e. The Hall–Kier alpha value is -2.44. The molecule has 2 aliphatic rings. The van der Waals surface area contributed by atoms with Crippen LogP contribution in [0.5, 0.6) is 11.5 Å². The number of carbonyl (C=O) groups is 2. The van der Waals surface area contributed by atoms with Crippen molar-refractivity contribution in [2.45, 2.75) is 45.3 Å². The van der Waals surface area contributed by atoms with Gasteiger partial charge in [0.1, 0.15) is 23.2 Å². The van der Waals surface area contributed by atoms with Crippen molar-refractivity contribution in [1.29, 1.82) is 0 Å². The van der Waals surface area contributed by atoms with Crippen LogP contribution in [0.4, 0.5) is 10.5 Å². The zero-order chi connectivity index (χ0) is 18.0. The standard InChI is InChI=1S/C18H24N2O5/c1-18(2,3)25-17(22)20-8-4-5-13(10-20)24-12-6-7-15-14(9-12)19-16(21)11-23-15/h6-7,9,13H,4-5,8,10-11H2,1-3H3,(H,19,21)/t13-/m1/s1. The van der Waals surface area contributed by atoms with Crippen LogP contribution in [0.25, 0.3) is 0 Å². The predicted octanol–water partition coefficient (Wildman–Crippen LogP) is 2.80. The first kappa shape index (κ1) is 17.4. The van der Waals surface area contributed by atoms with Crippen molar-refractivity contribution in [3.05, 3.63) is 18.2 Å². The van der Waals surface area contributed by atoms with Crippen LogP contribution in [0.3, 0.4) is 0 Å². The average molecular weight is 348 g/mol. The third kappa shape index (κ3) is 4.55. The second kappa shape index (κ2) is 6.82. The quantitative estimate of drug-likeness (QED) is 0.889. The Bertz CT molecular complexity index is 668. The molecule has 1 N–H and O–H groups in total. The minimum Gasteiger partial charge on any atom is -0.489 e. The zero-order valence-corrected chi connectivity index (χ0v) is 14.8. The van der Waals surface area contributed by atoms with Gasteiger partial charge in [-0.1, -0.05) is 0 Å². The first-order valence-corrected chi connectivity index (χ1v) is 8.51. The molecule has 1 atom stereocenters. The molecule has 0 spiro atoms. The molecule has 2 aliphatic heterocycles. The van der Waals surface area contributed by atoms with E-state index in [4.69, 9.17) is 14.2 Å². The van der Waals surface area contributed by atoms with Crippen molar-refractivity contribution in [3.63, 3.8) is 0 Å². The van der Waals surface area contributed by atoms with Crippen LogP contribution < -0.4 is 14.8 Å². The smallest absolute Gasteiger partial charge is 0.410 e. The fourth-order valence-corrected chi connectivity index (χ4v) is 2.85. The van der Waals surface area contributed by atoms with E-state index in [2.05, 4.69) is 5.32 Å². The van der Waals surface area contributed by atoms with Crippen LogP contribution in [0, 0.1) is 0 Å². The lowest BCUT2D eigenvalue weighted by atomic mass is 10.1. The number of piperidine rings is 1. The van der Waals surface area contributed by atoms with Crippen molar-refractivity contribution in [2.75, 3.05) is 25.0 Å². The molecule has 1 fully saturated rings. The monoisotopic (exact) mass is 348 g/mol. The molecule has 0 bridgehead atoms. The Labute approximate surface area is 147 Å². The van der Waals surface area contributed by atoms with E-state index in [1.807, 2.05) is 26.8 Å². The number of fused-ring (bicyclic) bond motifs is 1. The number of carbonyl (C=O) groups excluding carboxylic acids is 2. The van der Waals surface area contributed by atoms with Crippen LogP contribution >= 0.6 is 0 Å². The normalized spacial score (nSPS) is 20.2. The fraction of sp³-hybridized carbons (Fsp3) is 0.556. The van der Waals surface area contributed by atoms with Gasteiger partial charge in [0.15, 0.2) is 6.61 Å². The summed E-state index contributed by atoms with van der Waals surface area (Å²) in [7, 11) is 0. The van der Waals surface area contributed by atoms with Crippen LogP contribution in [0.1, 0.15) is 33.6 Å². The van der Waals surface area contributed by atoms with Crippen molar-refractivity contribution in [2.24, 2.45) is 0 Å². The van der Waals surface area contributed by atoms with E-state index in [0.29, 0.717) is 30.3 Å². The molecule has 7 nitrogen and oxygen atoms in total. The molecule has 1 saturated heterocycles. The van der Waals surface area contributed by atoms with E-state index in [-0.39, 0.29) is 24.7 Å². The SMILES string of the molecule is CC(C)(C)OC(=O)N1CCC[C@@H](Oc2ccc3c(c2)NC(=O)CO3)C1. The Morgan fingerprint density at radius 3 is 2.92 bits per heavy atom. The molecule has 3 rings (SSSR count). The van der Waals surface area contributed by atoms with Gasteiger partial charge in [-0.25, -0.2) is 4.79 Å². The molecule has 25 heavy (non-hydrogen) atoms. The molecule has 0 saturated carbocycles. The molecule has 7 heteroatoms. The molecule has 0 radical (unpaired) electrons. The number of nitrogens with one attached hydrogen (secondary N) is 1. The average Bonchev–Trinajstić information content (AvgIpc) is 2.53. The molecule has 0 aromatic heterocycles. The molecular formula is C18H24N2O5. The predicted molar refractivity (Wildman–Crippen MR) is 92.0 cm³/mol. The van der Waals surface area contributed by atoms with Gasteiger partial charge >= 0.3 is 6.09 Å². The summed E-state index contributed by atoms with van der Waals surface area (Å²) in [6.07, 6.45) is 1.29. The summed E-state index contributed by atoms with van der Waals surface area (Å²) >= 11 is 0. The van der Waals surface area contributed by atoms with E-state index >= 15 is 0 Å². The lowest BCUT2D eigenvalue weighted by Crippen LogP contribution is -2.46. The molecule has 136 valence electrons. The highest BCUT2D eigenvalue weighted by Crippen LogP contribution is 2.32. The highest BCUT2D eigenvalue weighted by atomic mass is 16.6. The van der Waals surface area contributed by atoms with E-state index in [1.165, 1.54) is 0 Å². The second-order valence-corrected chi connectivity index (χ2v) is 7.30. The highest BCUT2D eigenvalue weighted by molar-refractivity contribution is 5.95. The Morgan fingerprint density at radius 1 is 1.36 bits per heavy atom. The van der Waals surface area contributed by atoms with Gasteiger partial charge in [0, 0.05) is 12.6 Å². The number of hydrogen-bond donors (Lipinski definition) is 1.